The van der Waals surface area contributed by atoms with Crippen molar-refractivity contribution in [3.05, 3.63) is 229 Å². The molecule has 2 atom stereocenters. The molecule has 2 heterocycles. The van der Waals surface area contributed by atoms with E-state index in [1.165, 1.54) is 32.8 Å². The fraction of sp³-hybridized carbons (Fsp3) is 0.0370. The molecule has 0 aromatic heterocycles. The number of benzene rings is 8. The minimum absolute atomic E-state index is 0.0300. The molecule has 0 amide bonds. The van der Waals surface area contributed by atoms with Gasteiger partial charge in [-0.1, -0.05) is 140 Å². The summed E-state index contributed by atoms with van der Waals surface area (Å²) >= 11 is 0. The van der Waals surface area contributed by atoms with Crippen LogP contribution in [0.25, 0.3) is 21.5 Å². The number of ether oxygens (including phenoxy) is 2. The van der Waals surface area contributed by atoms with Gasteiger partial charge in [-0.15, -0.1) is 0 Å². The van der Waals surface area contributed by atoms with Crippen LogP contribution in [0.15, 0.2) is 229 Å². The molecule has 0 bridgehead atoms. The van der Waals surface area contributed by atoms with Crippen LogP contribution in [-0.4, -0.2) is 6.71 Å². The molecule has 0 radical (unpaired) electrons. The first-order valence-electron chi connectivity index (χ1n) is 20.4. The Bertz CT molecular complexity index is 3040. The van der Waals surface area contributed by atoms with Gasteiger partial charge in [0.05, 0.1) is 5.69 Å². The highest BCUT2D eigenvalue weighted by atomic mass is 16.5. The summed E-state index contributed by atoms with van der Waals surface area (Å²) in [5, 5.41) is 4.75. The molecule has 5 heteroatoms. The Morgan fingerprint density at radius 2 is 1.02 bits per heavy atom. The predicted molar refractivity (Wildman–Crippen MR) is 244 cm³/mol. The molecular weight excluding hydrogens is 719 g/mol. The predicted octanol–water partition coefficient (Wildman–Crippen LogP) is 12.5. The molecule has 0 saturated carbocycles. The van der Waals surface area contributed by atoms with Gasteiger partial charge in [-0.2, -0.15) is 0 Å². The van der Waals surface area contributed by atoms with E-state index in [-0.39, 0.29) is 18.5 Å². The van der Waals surface area contributed by atoms with Crippen LogP contribution in [0.4, 0.5) is 28.4 Å². The van der Waals surface area contributed by atoms with Gasteiger partial charge < -0.3 is 19.3 Å². The smallest absolute Gasteiger partial charge is 0.257 e. The molecule has 0 saturated heterocycles. The monoisotopic (exact) mass is 756 g/mol. The highest BCUT2D eigenvalue weighted by molar-refractivity contribution is 6.95. The van der Waals surface area contributed by atoms with Gasteiger partial charge in [0.2, 0.25) is 0 Å². The largest absolute Gasteiger partial charge is 0.459 e. The van der Waals surface area contributed by atoms with Crippen molar-refractivity contribution in [1.29, 1.82) is 0 Å². The molecule has 2 aliphatic heterocycles. The molecule has 2 unspecified atom stereocenters. The van der Waals surface area contributed by atoms with Crippen molar-refractivity contribution in [2.24, 2.45) is 11.8 Å². The molecule has 2 aliphatic carbocycles. The topological polar surface area (TPSA) is 24.9 Å². The SMILES string of the molecule is C1=CC2C(N(c3ccccc3)c3ccc4ccccc4c3)=CC3=C(B4c5c(cccc5Oc5cc(N(c6ccccc6)c6ccccc6)c6ccccc6c54)O3)C2C=C1. The van der Waals surface area contributed by atoms with Gasteiger partial charge in [0, 0.05) is 63.3 Å². The molecular formula is C54H37BN2O2. The quantitative estimate of drug-likeness (QED) is 0.158. The van der Waals surface area contributed by atoms with Crippen molar-refractivity contribution in [1.82, 2.24) is 0 Å². The van der Waals surface area contributed by atoms with Crippen LogP contribution in [0.2, 0.25) is 0 Å². The molecule has 8 aromatic carbocycles. The second-order valence-corrected chi connectivity index (χ2v) is 15.6. The lowest BCUT2D eigenvalue weighted by Crippen LogP contribution is -2.54. The van der Waals surface area contributed by atoms with Crippen molar-refractivity contribution >= 4 is 67.6 Å². The van der Waals surface area contributed by atoms with Gasteiger partial charge in [0.1, 0.15) is 23.0 Å². The van der Waals surface area contributed by atoms with E-state index in [9.17, 15) is 0 Å². The summed E-state index contributed by atoms with van der Waals surface area (Å²) in [6, 6.07) is 64.7. The number of nitrogens with zero attached hydrogens (tertiary/aromatic N) is 2. The highest BCUT2D eigenvalue weighted by Crippen LogP contribution is 2.50. The van der Waals surface area contributed by atoms with Crippen molar-refractivity contribution in [2.45, 2.75) is 0 Å². The third kappa shape index (κ3) is 5.39. The Balaban J connectivity index is 1.10. The minimum Gasteiger partial charge on any atom is -0.459 e. The third-order valence-electron chi connectivity index (χ3n) is 12.3. The summed E-state index contributed by atoms with van der Waals surface area (Å²) in [4.78, 5) is 4.77. The van der Waals surface area contributed by atoms with E-state index in [0.29, 0.717) is 0 Å². The van der Waals surface area contributed by atoms with Crippen LogP contribution in [-0.2, 0) is 0 Å². The first kappa shape index (κ1) is 33.6. The Labute approximate surface area is 344 Å². The summed E-state index contributed by atoms with van der Waals surface area (Å²) in [5.74, 6) is 3.51. The van der Waals surface area contributed by atoms with Crippen molar-refractivity contribution in [3.8, 4) is 17.2 Å². The average Bonchev–Trinajstić information content (AvgIpc) is 3.30. The number of allylic oxidation sites excluding steroid dienone is 6. The molecule has 0 N–H and O–H groups in total. The van der Waals surface area contributed by atoms with Gasteiger partial charge in [-0.05, 0) is 87.8 Å². The molecule has 12 rings (SSSR count). The maximum Gasteiger partial charge on any atom is 0.257 e. The van der Waals surface area contributed by atoms with E-state index < -0.39 is 0 Å². The summed E-state index contributed by atoms with van der Waals surface area (Å²) in [5.41, 5.74) is 10.1. The van der Waals surface area contributed by atoms with Gasteiger partial charge in [-0.3, -0.25) is 0 Å². The van der Waals surface area contributed by atoms with Crippen molar-refractivity contribution in [2.75, 3.05) is 9.80 Å². The second-order valence-electron chi connectivity index (χ2n) is 15.6. The van der Waals surface area contributed by atoms with Crippen molar-refractivity contribution < 1.29 is 9.47 Å². The normalized spacial score (nSPS) is 16.9. The van der Waals surface area contributed by atoms with Gasteiger partial charge in [0.15, 0.2) is 0 Å². The first-order chi connectivity index (χ1) is 29.3. The first-order valence-corrected chi connectivity index (χ1v) is 20.4. The molecule has 4 nitrogen and oxygen atoms in total. The summed E-state index contributed by atoms with van der Waals surface area (Å²) in [6.07, 6.45) is 11.5. The van der Waals surface area contributed by atoms with Gasteiger partial charge in [-0.25, -0.2) is 0 Å². The fourth-order valence-corrected chi connectivity index (χ4v) is 9.82. The maximum atomic E-state index is 7.09. The lowest BCUT2D eigenvalue weighted by molar-refractivity contribution is 0.411. The Morgan fingerprint density at radius 3 is 1.73 bits per heavy atom. The van der Waals surface area contributed by atoms with Crippen molar-refractivity contribution in [3.63, 3.8) is 0 Å². The number of anilines is 5. The summed E-state index contributed by atoms with van der Waals surface area (Å²) in [6.45, 7) is -0.0955. The van der Waals surface area contributed by atoms with Gasteiger partial charge in [0.25, 0.3) is 6.71 Å². The highest BCUT2D eigenvalue weighted by Gasteiger charge is 2.48. The zero-order chi connectivity index (χ0) is 38.9. The molecule has 4 aliphatic rings. The maximum absolute atomic E-state index is 7.09. The molecule has 8 aromatic rings. The number of rotatable bonds is 6. The average molecular weight is 757 g/mol. The standard InChI is InChI=1S/C54H37BN2O2/c1-4-19-38(20-5-1)56(39-21-6-2-7-22-39)46-34-50-52(44-27-14-12-25-42(44)46)55-53-45-28-15-13-26-43(45)47(35-51(53)59-49-30-16-29-48(58-50)54(49)55)57(40-23-8-3-9-24-40)41-32-31-36-17-10-11-18-37(36)33-41/h1-35,43,45H. The summed E-state index contributed by atoms with van der Waals surface area (Å²) in [7, 11) is 0. The van der Waals surface area contributed by atoms with Crippen LogP contribution in [0.3, 0.4) is 0 Å². The van der Waals surface area contributed by atoms with Crippen LogP contribution < -0.4 is 30.2 Å². The Kier molecular flexibility index (Phi) is 7.73. The van der Waals surface area contributed by atoms with Crippen LogP contribution in [0.5, 0.6) is 17.2 Å². The zero-order valence-corrected chi connectivity index (χ0v) is 32.2. The molecule has 278 valence electrons. The molecule has 0 fully saturated rings. The lowest BCUT2D eigenvalue weighted by atomic mass is 9.31. The van der Waals surface area contributed by atoms with E-state index in [0.717, 1.165) is 62.3 Å². The van der Waals surface area contributed by atoms with E-state index >= 15 is 0 Å². The minimum atomic E-state index is -0.0955. The third-order valence-corrected chi connectivity index (χ3v) is 12.3. The van der Waals surface area contributed by atoms with E-state index in [1.807, 2.05) is 0 Å². The lowest BCUT2D eigenvalue weighted by Gasteiger charge is -2.44. The van der Waals surface area contributed by atoms with Gasteiger partial charge >= 0.3 is 0 Å². The van der Waals surface area contributed by atoms with Crippen LogP contribution in [0.1, 0.15) is 0 Å². The molecule has 59 heavy (non-hydrogen) atoms. The summed E-state index contributed by atoms with van der Waals surface area (Å²) < 4.78 is 14.1. The van der Waals surface area contributed by atoms with E-state index in [4.69, 9.17) is 9.47 Å². The zero-order valence-electron chi connectivity index (χ0n) is 32.2. The fourth-order valence-electron chi connectivity index (χ4n) is 9.82. The van der Waals surface area contributed by atoms with Crippen LogP contribution >= 0.6 is 0 Å². The number of para-hydroxylation sites is 3. The van der Waals surface area contributed by atoms with Crippen LogP contribution in [0, 0.1) is 11.8 Å². The number of hydrogen-bond donors (Lipinski definition) is 0. The molecule has 0 spiro atoms. The number of hydrogen-bond acceptors (Lipinski definition) is 4. The number of fused-ring (bicyclic) bond motifs is 8. The second kappa shape index (κ2) is 13.6. The van der Waals surface area contributed by atoms with E-state index in [2.05, 4.69) is 222 Å². The van der Waals surface area contributed by atoms with E-state index in [1.54, 1.807) is 0 Å². The Morgan fingerprint density at radius 1 is 0.424 bits per heavy atom. The Hall–Kier alpha value is -7.50.